The first kappa shape index (κ1) is 16.4. The summed E-state index contributed by atoms with van der Waals surface area (Å²) in [6.45, 7) is 3.91. The Morgan fingerprint density at radius 3 is 2.18 bits per heavy atom. The molecule has 5 heteroatoms. The molecule has 22 heavy (non-hydrogen) atoms. The highest BCUT2D eigenvalue weighted by Gasteiger charge is 2.22. The number of hydrogen-bond donors (Lipinski definition) is 2. The molecule has 0 aliphatic carbocycles. The summed E-state index contributed by atoms with van der Waals surface area (Å²) in [7, 11) is 1.63. The summed E-state index contributed by atoms with van der Waals surface area (Å²) < 4.78 is 6.12. The first-order valence-corrected chi connectivity index (χ1v) is 7.69. The maximum Gasteiger partial charge on any atom is 0.319 e. The van der Waals surface area contributed by atoms with E-state index in [2.05, 4.69) is 26.6 Å². The molecule has 0 bridgehead atoms. The van der Waals surface area contributed by atoms with Crippen LogP contribution in [0.5, 0.6) is 5.75 Å². The van der Waals surface area contributed by atoms with E-state index in [4.69, 9.17) is 4.74 Å². The molecule has 0 aliphatic heterocycles. The van der Waals surface area contributed by atoms with Crippen molar-refractivity contribution in [3.05, 3.63) is 58.6 Å². The molecule has 0 atom stereocenters. The molecular formula is C17H19BrN2O2. The van der Waals surface area contributed by atoms with Crippen molar-refractivity contribution in [2.75, 3.05) is 12.4 Å². The van der Waals surface area contributed by atoms with Crippen molar-refractivity contribution in [1.82, 2.24) is 5.32 Å². The van der Waals surface area contributed by atoms with Crippen LogP contribution in [-0.2, 0) is 5.54 Å². The van der Waals surface area contributed by atoms with E-state index in [9.17, 15) is 4.79 Å². The number of ether oxygens (including phenoxy) is 1. The molecule has 2 amide bonds. The van der Waals surface area contributed by atoms with Gasteiger partial charge in [-0.1, -0.05) is 28.1 Å². The highest BCUT2D eigenvalue weighted by atomic mass is 79.9. The average Bonchev–Trinajstić information content (AvgIpc) is 2.49. The molecule has 0 radical (unpaired) electrons. The van der Waals surface area contributed by atoms with Crippen LogP contribution < -0.4 is 15.4 Å². The Balaban J connectivity index is 2.03. The first-order valence-electron chi connectivity index (χ1n) is 6.90. The lowest BCUT2D eigenvalue weighted by Gasteiger charge is -2.27. The van der Waals surface area contributed by atoms with Crippen molar-refractivity contribution < 1.29 is 9.53 Å². The van der Waals surface area contributed by atoms with Gasteiger partial charge in [-0.15, -0.1) is 0 Å². The van der Waals surface area contributed by atoms with Gasteiger partial charge in [0.15, 0.2) is 0 Å². The molecule has 2 rings (SSSR count). The van der Waals surface area contributed by atoms with E-state index in [0.717, 1.165) is 21.5 Å². The number of amides is 2. The fraction of sp³-hybridized carbons (Fsp3) is 0.235. The molecule has 0 saturated carbocycles. The van der Waals surface area contributed by atoms with Gasteiger partial charge in [0.2, 0.25) is 0 Å². The molecule has 0 saturated heterocycles. The van der Waals surface area contributed by atoms with Crippen molar-refractivity contribution in [3.8, 4) is 5.75 Å². The van der Waals surface area contributed by atoms with E-state index < -0.39 is 5.54 Å². The molecule has 2 N–H and O–H groups in total. The minimum atomic E-state index is -0.494. The molecule has 116 valence electrons. The van der Waals surface area contributed by atoms with Crippen molar-refractivity contribution in [2.45, 2.75) is 19.4 Å². The van der Waals surface area contributed by atoms with Crippen LogP contribution in [0.2, 0.25) is 0 Å². The molecule has 0 aromatic heterocycles. The Morgan fingerprint density at radius 2 is 1.64 bits per heavy atom. The van der Waals surface area contributed by atoms with Crippen LogP contribution in [0, 0.1) is 0 Å². The molecule has 0 unspecified atom stereocenters. The number of carbonyl (C=O) groups excluding carboxylic acids is 1. The number of rotatable bonds is 4. The number of carbonyl (C=O) groups is 1. The van der Waals surface area contributed by atoms with Gasteiger partial charge in [-0.25, -0.2) is 4.79 Å². The van der Waals surface area contributed by atoms with Gasteiger partial charge in [-0.2, -0.15) is 0 Å². The van der Waals surface area contributed by atoms with Crippen LogP contribution in [0.25, 0.3) is 0 Å². The summed E-state index contributed by atoms with van der Waals surface area (Å²) in [5.41, 5.74) is 1.25. The molecular weight excluding hydrogens is 344 g/mol. The Morgan fingerprint density at radius 1 is 1.05 bits per heavy atom. The third-order valence-electron chi connectivity index (χ3n) is 3.34. The number of urea groups is 1. The van der Waals surface area contributed by atoms with Crippen LogP contribution in [0.15, 0.2) is 53.0 Å². The predicted octanol–water partition coefficient (Wildman–Crippen LogP) is 4.51. The lowest BCUT2D eigenvalue weighted by Crippen LogP contribution is -2.43. The zero-order valence-electron chi connectivity index (χ0n) is 12.8. The Bertz CT molecular complexity index is 637. The molecule has 2 aromatic rings. The summed E-state index contributed by atoms with van der Waals surface area (Å²) in [5, 5.41) is 5.79. The monoisotopic (exact) mass is 362 g/mol. The van der Waals surface area contributed by atoms with Gasteiger partial charge in [0.05, 0.1) is 12.6 Å². The second kappa shape index (κ2) is 6.83. The third-order valence-corrected chi connectivity index (χ3v) is 3.87. The number of methoxy groups -OCH3 is 1. The molecule has 4 nitrogen and oxygen atoms in total. The van der Waals surface area contributed by atoms with E-state index in [1.54, 1.807) is 7.11 Å². The maximum absolute atomic E-state index is 12.2. The lowest BCUT2D eigenvalue weighted by atomic mass is 9.94. The number of nitrogens with one attached hydrogen (secondary N) is 2. The molecule has 0 heterocycles. The molecule has 0 aliphatic rings. The van der Waals surface area contributed by atoms with Crippen molar-refractivity contribution >= 4 is 27.6 Å². The smallest absolute Gasteiger partial charge is 0.319 e. The second-order valence-corrected chi connectivity index (χ2v) is 6.36. The van der Waals surface area contributed by atoms with Gasteiger partial charge < -0.3 is 15.4 Å². The van der Waals surface area contributed by atoms with Gasteiger partial charge >= 0.3 is 6.03 Å². The fourth-order valence-corrected chi connectivity index (χ4v) is 2.32. The van der Waals surface area contributed by atoms with Crippen LogP contribution in [0.4, 0.5) is 10.5 Å². The predicted molar refractivity (Wildman–Crippen MR) is 92.3 cm³/mol. The number of halogens is 1. The number of hydrogen-bond acceptors (Lipinski definition) is 2. The van der Waals surface area contributed by atoms with E-state index in [-0.39, 0.29) is 6.03 Å². The topological polar surface area (TPSA) is 50.4 Å². The Hall–Kier alpha value is -2.01. The molecule has 0 spiro atoms. The minimum Gasteiger partial charge on any atom is -0.497 e. The minimum absolute atomic E-state index is 0.247. The Labute approximate surface area is 139 Å². The maximum atomic E-state index is 12.2. The SMILES string of the molecule is COc1ccc(C(C)(C)NC(=O)Nc2ccc(Br)cc2)cc1. The van der Waals surface area contributed by atoms with Gasteiger partial charge in [-0.05, 0) is 55.8 Å². The van der Waals surface area contributed by atoms with Crippen LogP contribution >= 0.6 is 15.9 Å². The quantitative estimate of drug-likeness (QED) is 0.840. The van der Waals surface area contributed by atoms with Gasteiger partial charge in [0.1, 0.15) is 5.75 Å². The zero-order valence-corrected chi connectivity index (χ0v) is 14.4. The van der Waals surface area contributed by atoms with Crippen molar-refractivity contribution in [2.24, 2.45) is 0 Å². The molecule has 0 fully saturated rings. The summed E-state index contributed by atoms with van der Waals surface area (Å²) in [5.74, 6) is 0.791. The van der Waals surface area contributed by atoms with E-state index >= 15 is 0 Å². The number of benzene rings is 2. The summed E-state index contributed by atoms with van der Waals surface area (Å²) in [6, 6.07) is 14.8. The number of anilines is 1. The third kappa shape index (κ3) is 4.24. The van der Waals surface area contributed by atoms with E-state index in [1.807, 2.05) is 62.4 Å². The van der Waals surface area contributed by atoms with E-state index in [0.29, 0.717) is 0 Å². The van der Waals surface area contributed by atoms with Gasteiger partial charge in [-0.3, -0.25) is 0 Å². The van der Waals surface area contributed by atoms with Crippen molar-refractivity contribution in [1.29, 1.82) is 0 Å². The Kier molecular flexibility index (Phi) is 5.08. The lowest BCUT2D eigenvalue weighted by molar-refractivity contribution is 0.242. The van der Waals surface area contributed by atoms with Gasteiger partial charge in [0.25, 0.3) is 0 Å². The normalized spacial score (nSPS) is 10.9. The zero-order chi connectivity index (χ0) is 16.2. The van der Waals surface area contributed by atoms with Crippen molar-refractivity contribution in [3.63, 3.8) is 0 Å². The highest BCUT2D eigenvalue weighted by molar-refractivity contribution is 9.10. The summed E-state index contributed by atoms with van der Waals surface area (Å²) in [6.07, 6.45) is 0. The first-order chi connectivity index (χ1) is 10.4. The molecule has 2 aromatic carbocycles. The average molecular weight is 363 g/mol. The van der Waals surface area contributed by atoms with Crippen LogP contribution in [-0.4, -0.2) is 13.1 Å². The van der Waals surface area contributed by atoms with Gasteiger partial charge in [0, 0.05) is 10.2 Å². The standard InChI is InChI=1S/C17H19BrN2O2/c1-17(2,12-4-10-15(22-3)11-5-12)20-16(21)19-14-8-6-13(18)7-9-14/h4-11H,1-3H3,(H2,19,20,21). The highest BCUT2D eigenvalue weighted by Crippen LogP contribution is 2.23. The summed E-state index contributed by atoms with van der Waals surface area (Å²) in [4.78, 5) is 12.2. The second-order valence-electron chi connectivity index (χ2n) is 5.44. The fourth-order valence-electron chi connectivity index (χ4n) is 2.06. The van der Waals surface area contributed by atoms with E-state index in [1.165, 1.54) is 0 Å². The summed E-state index contributed by atoms with van der Waals surface area (Å²) >= 11 is 3.36. The van der Waals surface area contributed by atoms with Crippen LogP contribution in [0.3, 0.4) is 0 Å². The van der Waals surface area contributed by atoms with Crippen LogP contribution in [0.1, 0.15) is 19.4 Å². The largest absolute Gasteiger partial charge is 0.497 e.